The van der Waals surface area contributed by atoms with E-state index >= 15 is 0 Å². The second-order valence-electron chi connectivity index (χ2n) is 11.8. The molecule has 0 aliphatic carbocycles. The van der Waals surface area contributed by atoms with Crippen LogP contribution in [0, 0.1) is 5.92 Å². The second-order valence-corrected chi connectivity index (χ2v) is 14.0. The first-order valence-electron chi connectivity index (χ1n) is 16.4. The highest BCUT2D eigenvalue weighted by molar-refractivity contribution is 7.90. The number of benzene rings is 2. The van der Waals surface area contributed by atoms with Gasteiger partial charge in [0.25, 0.3) is 0 Å². The monoisotopic (exact) mass is 689 g/mol. The van der Waals surface area contributed by atoms with E-state index in [2.05, 4.69) is 25.2 Å². The number of halogens is 1. The summed E-state index contributed by atoms with van der Waals surface area (Å²) >= 11 is 0. The molecule has 2 unspecified atom stereocenters. The summed E-state index contributed by atoms with van der Waals surface area (Å²) in [5.74, 6) is -4.11. The lowest BCUT2D eigenvalue weighted by molar-refractivity contribution is -0.154. The van der Waals surface area contributed by atoms with E-state index in [0.717, 1.165) is 54.2 Å². The number of carboxylic acid groups (broad SMARTS) is 2. The van der Waals surface area contributed by atoms with Crippen LogP contribution in [0.25, 0.3) is 0 Å². The highest BCUT2D eigenvalue weighted by Crippen LogP contribution is 2.24. The lowest BCUT2D eigenvalue weighted by Gasteiger charge is -2.19. The van der Waals surface area contributed by atoms with Crippen molar-refractivity contribution in [2.75, 3.05) is 24.0 Å². The van der Waals surface area contributed by atoms with Gasteiger partial charge in [-0.1, -0.05) is 80.5 Å². The number of sulfone groups is 1. The third-order valence-corrected chi connectivity index (χ3v) is 8.55. The molecule has 11 heteroatoms. The summed E-state index contributed by atoms with van der Waals surface area (Å²) in [5.41, 5.74) is 4.95. The van der Waals surface area contributed by atoms with Crippen LogP contribution in [0.3, 0.4) is 0 Å². The van der Waals surface area contributed by atoms with Crippen LogP contribution >= 0.6 is 0 Å². The molecule has 0 aliphatic heterocycles. The molecule has 2 aromatic rings. The number of nitrogens with one attached hydrogen (secondary N) is 1. The van der Waals surface area contributed by atoms with Crippen molar-refractivity contribution in [1.82, 2.24) is 0 Å². The molecule has 2 atom stereocenters. The van der Waals surface area contributed by atoms with Crippen molar-refractivity contribution in [3.05, 3.63) is 89.0 Å². The zero-order chi connectivity index (χ0) is 36.0. The number of allylic oxidation sites excluding steroid dienone is 4. The number of hydrogen-bond acceptors (Lipinski definition) is 7. The molecule has 0 bridgehead atoms. The second kappa shape index (κ2) is 23.5. The average molecular weight is 690 g/mol. The SMILES string of the molecule is CC/C=C(\C=C/CF)CCC.CS(=O)(=O)CCC(O)CCc1ccc(NC(CC=O)c2ccc(CCCC(C(=O)O)C(=O)O)cc2)cc1. The van der Waals surface area contributed by atoms with Crippen molar-refractivity contribution in [1.29, 1.82) is 0 Å². The maximum absolute atomic E-state index is 11.7. The molecule has 266 valence electrons. The van der Waals surface area contributed by atoms with Crippen LogP contribution in [0.15, 0.2) is 72.3 Å². The molecule has 0 aromatic heterocycles. The molecule has 0 saturated heterocycles. The Balaban J connectivity index is 0.000000894. The highest BCUT2D eigenvalue weighted by Gasteiger charge is 2.24. The first-order valence-corrected chi connectivity index (χ1v) is 18.5. The Morgan fingerprint density at radius 3 is 2.04 bits per heavy atom. The number of aliphatic hydroxyl groups excluding tert-OH is 1. The van der Waals surface area contributed by atoms with Crippen LogP contribution in [-0.2, 0) is 37.1 Å². The molecule has 9 nitrogen and oxygen atoms in total. The van der Waals surface area contributed by atoms with Gasteiger partial charge in [-0.15, -0.1) is 0 Å². The van der Waals surface area contributed by atoms with Crippen molar-refractivity contribution in [3.8, 4) is 0 Å². The summed E-state index contributed by atoms with van der Waals surface area (Å²) in [7, 11) is -3.09. The summed E-state index contributed by atoms with van der Waals surface area (Å²) < 4.78 is 34.2. The van der Waals surface area contributed by atoms with Gasteiger partial charge in [0.05, 0.1) is 17.9 Å². The number of hydrogen-bond donors (Lipinski definition) is 4. The van der Waals surface area contributed by atoms with E-state index in [4.69, 9.17) is 10.2 Å². The van der Waals surface area contributed by atoms with Gasteiger partial charge in [-0.05, 0) is 80.2 Å². The Hall–Kier alpha value is -3.83. The van der Waals surface area contributed by atoms with E-state index in [-0.39, 0.29) is 37.7 Å². The fourth-order valence-electron chi connectivity index (χ4n) is 4.95. The van der Waals surface area contributed by atoms with Gasteiger partial charge in [0.1, 0.15) is 22.8 Å². The predicted molar refractivity (Wildman–Crippen MR) is 189 cm³/mol. The number of rotatable bonds is 22. The lowest BCUT2D eigenvalue weighted by atomic mass is 9.97. The average Bonchev–Trinajstić information content (AvgIpc) is 3.04. The molecule has 2 rings (SSSR count). The van der Waals surface area contributed by atoms with Crippen LogP contribution in [0.4, 0.5) is 10.1 Å². The van der Waals surface area contributed by atoms with Gasteiger partial charge < -0.3 is 25.4 Å². The standard InChI is InChI=1S/C27H35NO8S.C10H17F/c1-37(35,36)18-16-23(30)14-9-20-7-12-22(13-8-20)28-25(15-17-29)21-10-5-19(6-11-21)3-2-4-24(26(31)32)27(33)34;1-3-6-10(7-4-2)8-5-9-11/h5-8,10-13,17,23-25,28,30H,2-4,9,14-16,18H2,1H3,(H,31,32)(H,33,34);5-6,8H,3-4,7,9H2,1-2H3/b;8-5-,10-6-. The van der Waals surface area contributed by atoms with E-state index < -0.39 is 33.8 Å². The molecule has 0 amide bonds. The summed E-state index contributed by atoms with van der Waals surface area (Å²) in [6.07, 6.45) is 12.7. The zero-order valence-electron chi connectivity index (χ0n) is 28.3. The van der Waals surface area contributed by atoms with Gasteiger partial charge in [0, 0.05) is 18.4 Å². The van der Waals surface area contributed by atoms with E-state index in [9.17, 15) is 32.3 Å². The summed E-state index contributed by atoms with van der Waals surface area (Å²) in [6, 6.07) is 15.0. The van der Waals surface area contributed by atoms with Crippen molar-refractivity contribution in [2.45, 2.75) is 90.2 Å². The van der Waals surface area contributed by atoms with Crippen LogP contribution in [0.1, 0.15) is 87.9 Å². The lowest BCUT2D eigenvalue weighted by Crippen LogP contribution is -2.23. The number of aliphatic carboxylic acids is 2. The Kier molecular flexibility index (Phi) is 20.6. The number of aryl methyl sites for hydroxylation is 2. The quantitative estimate of drug-likeness (QED) is 0.0585. The van der Waals surface area contributed by atoms with E-state index in [1.165, 1.54) is 5.57 Å². The summed E-state index contributed by atoms with van der Waals surface area (Å²) in [6.45, 7) is 3.87. The topological polar surface area (TPSA) is 158 Å². The molecule has 48 heavy (non-hydrogen) atoms. The molecule has 0 spiro atoms. The largest absolute Gasteiger partial charge is 0.481 e. The molecule has 4 N–H and O–H groups in total. The van der Waals surface area contributed by atoms with E-state index in [1.807, 2.05) is 54.6 Å². The molecule has 2 aromatic carbocycles. The molecule has 0 saturated carbocycles. The summed E-state index contributed by atoms with van der Waals surface area (Å²) in [5, 5.41) is 31.3. The van der Waals surface area contributed by atoms with Gasteiger partial charge in [-0.2, -0.15) is 0 Å². The molecule has 0 radical (unpaired) electrons. The molecule has 0 heterocycles. The van der Waals surface area contributed by atoms with Crippen LogP contribution < -0.4 is 5.32 Å². The minimum atomic E-state index is -3.09. The van der Waals surface area contributed by atoms with Crippen LogP contribution in [-0.4, -0.2) is 66.7 Å². The fourth-order valence-corrected chi connectivity index (χ4v) is 5.65. The number of aliphatic hydroxyl groups is 1. The third kappa shape index (κ3) is 18.5. The third-order valence-electron chi connectivity index (χ3n) is 7.58. The summed E-state index contributed by atoms with van der Waals surface area (Å²) in [4.78, 5) is 33.3. The predicted octanol–water partition coefficient (Wildman–Crippen LogP) is 6.91. The number of anilines is 1. The van der Waals surface area contributed by atoms with Gasteiger partial charge >= 0.3 is 11.9 Å². The van der Waals surface area contributed by atoms with E-state index in [0.29, 0.717) is 25.7 Å². The Bertz CT molecular complexity index is 1390. The number of carboxylic acids is 2. The van der Waals surface area contributed by atoms with Crippen LogP contribution in [0.5, 0.6) is 0 Å². The Morgan fingerprint density at radius 1 is 0.917 bits per heavy atom. The number of aldehydes is 1. The van der Waals surface area contributed by atoms with Crippen molar-refractivity contribution < 1.29 is 42.5 Å². The van der Waals surface area contributed by atoms with E-state index in [1.54, 1.807) is 6.08 Å². The minimum Gasteiger partial charge on any atom is -0.481 e. The first kappa shape index (κ1) is 42.2. The maximum atomic E-state index is 11.7. The molecular formula is C37H52FNO8S. The van der Waals surface area contributed by atoms with Gasteiger partial charge in [0.15, 0.2) is 5.92 Å². The molecular weight excluding hydrogens is 637 g/mol. The minimum absolute atomic E-state index is 0.0357. The normalized spacial score (nSPS) is 13.1. The Labute approximate surface area is 284 Å². The molecule has 0 aliphatic rings. The van der Waals surface area contributed by atoms with Crippen molar-refractivity contribution in [3.63, 3.8) is 0 Å². The van der Waals surface area contributed by atoms with Crippen LogP contribution in [0.2, 0.25) is 0 Å². The molecule has 0 fully saturated rings. The smallest absolute Gasteiger partial charge is 0.317 e. The first-order chi connectivity index (χ1) is 22.8. The Morgan fingerprint density at radius 2 is 1.52 bits per heavy atom. The van der Waals surface area contributed by atoms with Gasteiger partial charge in [-0.25, -0.2) is 12.8 Å². The number of carbonyl (C=O) groups is 3. The maximum Gasteiger partial charge on any atom is 0.317 e. The van der Waals surface area contributed by atoms with Crippen molar-refractivity contribution >= 4 is 33.7 Å². The number of alkyl halides is 1. The van der Waals surface area contributed by atoms with Crippen molar-refractivity contribution in [2.24, 2.45) is 5.92 Å². The van der Waals surface area contributed by atoms with Gasteiger partial charge in [0.2, 0.25) is 0 Å². The number of carbonyl (C=O) groups excluding carboxylic acids is 1. The fraction of sp³-hybridized carbons (Fsp3) is 0.486. The highest BCUT2D eigenvalue weighted by atomic mass is 32.2. The zero-order valence-corrected chi connectivity index (χ0v) is 29.1. The van der Waals surface area contributed by atoms with Gasteiger partial charge in [-0.3, -0.25) is 9.59 Å².